The molecule has 1 aromatic heterocycles. The highest BCUT2D eigenvalue weighted by Crippen LogP contribution is 2.23. The van der Waals surface area contributed by atoms with E-state index in [1.165, 1.54) is 4.88 Å². The Bertz CT molecular complexity index is 790. The summed E-state index contributed by atoms with van der Waals surface area (Å²) in [6.07, 6.45) is 0.698. The molecule has 4 nitrogen and oxygen atoms in total. The van der Waals surface area contributed by atoms with E-state index in [0.29, 0.717) is 18.5 Å². The topological polar surface area (TPSA) is 61.2 Å². The van der Waals surface area contributed by atoms with Gasteiger partial charge in [0.05, 0.1) is 23.1 Å². The van der Waals surface area contributed by atoms with Crippen molar-refractivity contribution in [2.24, 2.45) is 0 Å². The quantitative estimate of drug-likeness (QED) is 0.835. The second-order valence-electron chi connectivity index (χ2n) is 5.85. The smallest absolute Gasteiger partial charge is 0.151 e. The van der Waals surface area contributed by atoms with Crippen LogP contribution in [0, 0.1) is 11.3 Å². The molecule has 1 aromatic carbocycles. The molecule has 0 spiro atoms. The maximum absolute atomic E-state index is 11.8. The minimum atomic E-state index is -2.90. The molecule has 0 aliphatic carbocycles. The monoisotopic (exact) mass is 346 g/mol. The first-order valence-electron chi connectivity index (χ1n) is 7.52. The zero-order valence-corrected chi connectivity index (χ0v) is 14.3. The minimum absolute atomic E-state index is 0.0674. The SMILES string of the molecule is N#Cc1ccc(CN(Cc2cccs2)[C@H]2CCS(=O)(=O)C2)cc1. The van der Waals surface area contributed by atoms with Crippen LogP contribution >= 0.6 is 11.3 Å². The van der Waals surface area contributed by atoms with Gasteiger partial charge >= 0.3 is 0 Å². The molecule has 0 amide bonds. The molecule has 1 fully saturated rings. The van der Waals surface area contributed by atoms with Gasteiger partial charge in [0.2, 0.25) is 0 Å². The summed E-state index contributed by atoms with van der Waals surface area (Å²) in [7, 11) is -2.90. The molecule has 0 saturated carbocycles. The summed E-state index contributed by atoms with van der Waals surface area (Å²) in [5.74, 6) is 0.528. The zero-order chi connectivity index (χ0) is 16.3. The maximum Gasteiger partial charge on any atom is 0.151 e. The van der Waals surface area contributed by atoms with Crippen LogP contribution in [0.3, 0.4) is 0 Å². The van der Waals surface area contributed by atoms with Crippen LogP contribution in [0.4, 0.5) is 0 Å². The third-order valence-electron chi connectivity index (χ3n) is 4.13. The van der Waals surface area contributed by atoms with Crippen molar-refractivity contribution >= 4 is 21.2 Å². The molecule has 0 unspecified atom stereocenters. The normalized spacial score (nSPS) is 19.7. The average molecular weight is 346 g/mol. The number of rotatable bonds is 5. The van der Waals surface area contributed by atoms with Crippen LogP contribution in [0.2, 0.25) is 0 Å². The largest absolute Gasteiger partial charge is 0.290 e. The Morgan fingerprint density at radius 3 is 2.57 bits per heavy atom. The summed E-state index contributed by atoms with van der Waals surface area (Å²) in [5.41, 5.74) is 1.74. The Morgan fingerprint density at radius 1 is 1.22 bits per heavy atom. The fourth-order valence-corrected chi connectivity index (χ4v) is 5.39. The predicted molar refractivity (Wildman–Crippen MR) is 91.8 cm³/mol. The molecule has 6 heteroatoms. The van der Waals surface area contributed by atoms with Gasteiger partial charge in [0.1, 0.15) is 0 Å². The van der Waals surface area contributed by atoms with E-state index in [2.05, 4.69) is 17.0 Å². The highest BCUT2D eigenvalue weighted by atomic mass is 32.2. The van der Waals surface area contributed by atoms with Gasteiger partial charge in [0.25, 0.3) is 0 Å². The zero-order valence-electron chi connectivity index (χ0n) is 12.7. The maximum atomic E-state index is 11.8. The highest BCUT2D eigenvalue weighted by molar-refractivity contribution is 7.91. The van der Waals surface area contributed by atoms with Crippen LogP contribution in [0.15, 0.2) is 41.8 Å². The number of hydrogen-bond acceptors (Lipinski definition) is 5. The van der Waals surface area contributed by atoms with E-state index in [-0.39, 0.29) is 17.5 Å². The number of nitrogens with zero attached hydrogens (tertiary/aromatic N) is 2. The van der Waals surface area contributed by atoms with E-state index >= 15 is 0 Å². The van der Waals surface area contributed by atoms with Crippen molar-refractivity contribution in [3.05, 3.63) is 57.8 Å². The van der Waals surface area contributed by atoms with E-state index in [9.17, 15) is 8.42 Å². The van der Waals surface area contributed by atoms with E-state index in [1.54, 1.807) is 11.3 Å². The number of sulfone groups is 1. The summed E-state index contributed by atoms with van der Waals surface area (Å²) < 4.78 is 23.6. The van der Waals surface area contributed by atoms with Gasteiger partial charge in [-0.2, -0.15) is 5.26 Å². The molecule has 23 heavy (non-hydrogen) atoms. The average Bonchev–Trinajstić information content (AvgIpc) is 3.16. The van der Waals surface area contributed by atoms with Gasteiger partial charge in [-0.1, -0.05) is 18.2 Å². The Balaban J connectivity index is 1.78. The lowest BCUT2D eigenvalue weighted by Crippen LogP contribution is -2.35. The van der Waals surface area contributed by atoms with Crippen molar-refractivity contribution in [3.63, 3.8) is 0 Å². The molecule has 2 aromatic rings. The summed E-state index contributed by atoms with van der Waals surface area (Å²) in [4.78, 5) is 3.49. The Morgan fingerprint density at radius 2 is 2.00 bits per heavy atom. The predicted octanol–water partition coefficient (Wildman–Crippen LogP) is 2.81. The molecule has 120 valence electrons. The lowest BCUT2D eigenvalue weighted by Gasteiger charge is -2.27. The number of nitriles is 1. The van der Waals surface area contributed by atoms with Gasteiger partial charge in [0, 0.05) is 24.0 Å². The first kappa shape index (κ1) is 16.2. The van der Waals surface area contributed by atoms with Crippen LogP contribution in [0.5, 0.6) is 0 Å². The number of benzene rings is 1. The van der Waals surface area contributed by atoms with Crippen molar-refractivity contribution < 1.29 is 8.42 Å². The number of hydrogen-bond donors (Lipinski definition) is 0. The van der Waals surface area contributed by atoms with Crippen molar-refractivity contribution in [2.75, 3.05) is 11.5 Å². The van der Waals surface area contributed by atoms with Crippen LogP contribution in [-0.4, -0.2) is 30.9 Å². The van der Waals surface area contributed by atoms with Gasteiger partial charge in [-0.3, -0.25) is 4.90 Å². The van der Waals surface area contributed by atoms with Crippen molar-refractivity contribution in [2.45, 2.75) is 25.6 Å². The Kier molecular flexibility index (Phi) is 4.81. The van der Waals surface area contributed by atoms with Crippen LogP contribution < -0.4 is 0 Å². The lowest BCUT2D eigenvalue weighted by atomic mass is 10.1. The van der Waals surface area contributed by atoms with Crippen LogP contribution in [0.25, 0.3) is 0 Å². The van der Waals surface area contributed by atoms with Gasteiger partial charge in [-0.15, -0.1) is 11.3 Å². The second-order valence-corrected chi connectivity index (χ2v) is 9.11. The summed E-state index contributed by atoms with van der Waals surface area (Å²) >= 11 is 1.69. The van der Waals surface area contributed by atoms with Crippen molar-refractivity contribution in [1.82, 2.24) is 4.90 Å². The van der Waals surface area contributed by atoms with Gasteiger partial charge in [-0.05, 0) is 35.6 Å². The van der Waals surface area contributed by atoms with Gasteiger partial charge < -0.3 is 0 Å². The standard InChI is InChI=1S/C17H18N2O2S2/c18-10-14-3-5-15(6-4-14)11-19(12-17-2-1-8-22-17)16-7-9-23(20,21)13-16/h1-6,8,16H,7,9,11-13H2/t16-/m0/s1. The number of thiophene rings is 1. The van der Waals surface area contributed by atoms with Crippen LogP contribution in [-0.2, 0) is 22.9 Å². The second kappa shape index (κ2) is 6.83. The molecule has 0 bridgehead atoms. The Labute approximate surface area is 140 Å². The molecule has 0 radical (unpaired) electrons. The lowest BCUT2D eigenvalue weighted by molar-refractivity contribution is 0.196. The first-order chi connectivity index (χ1) is 11.1. The molecule has 1 saturated heterocycles. The molecule has 2 heterocycles. The van der Waals surface area contributed by atoms with Gasteiger partial charge in [-0.25, -0.2) is 8.42 Å². The highest BCUT2D eigenvalue weighted by Gasteiger charge is 2.32. The van der Waals surface area contributed by atoms with E-state index in [0.717, 1.165) is 12.1 Å². The molecule has 1 aliphatic heterocycles. The van der Waals surface area contributed by atoms with E-state index in [1.807, 2.05) is 35.7 Å². The molecule has 1 atom stereocenters. The van der Waals surface area contributed by atoms with Gasteiger partial charge in [0.15, 0.2) is 9.84 Å². The summed E-state index contributed by atoms with van der Waals surface area (Å²) in [5, 5.41) is 10.9. The van der Waals surface area contributed by atoms with Crippen LogP contribution in [0.1, 0.15) is 22.4 Å². The fourth-order valence-electron chi connectivity index (χ4n) is 2.90. The van der Waals surface area contributed by atoms with E-state index < -0.39 is 9.84 Å². The van der Waals surface area contributed by atoms with Crippen molar-refractivity contribution in [1.29, 1.82) is 5.26 Å². The molecule has 1 aliphatic rings. The third kappa shape index (κ3) is 4.20. The first-order valence-corrected chi connectivity index (χ1v) is 10.2. The molecular formula is C17H18N2O2S2. The van der Waals surface area contributed by atoms with Crippen molar-refractivity contribution in [3.8, 4) is 6.07 Å². The summed E-state index contributed by atoms with van der Waals surface area (Å²) in [6, 6.07) is 13.8. The fraction of sp³-hybridized carbons (Fsp3) is 0.353. The molecule has 0 N–H and O–H groups in total. The molecular weight excluding hydrogens is 328 g/mol. The summed E-state index contributed by atoms with van der Waals surface area (Å²) in [6.45, 7) is 1.46. The molecule has 3 rings (SSSR count). The van der Waals surface area contributed by atoms with E-state index in [4.69, 9.17) is 5.26 Å². The third-order valence-corrected chi connectivity index (χ3v) is 6.74. The Hall–Kier alpha value is -1.68. The minimum Gasteiger partial charge on any atom is -0.290 e.